The second-order valence-corrected chi connectivity index (χ2v) is 3.87. The van der Waals surface area contributed by atoms with E-state index in [2.05, 4.69) is 14.5 Å². The molecule has 0 aliphatic heterocycles. The van der Waals surface area contributed by atoms with Gasteiger partial charge in [0.05, 0.1) is 0 Å². The minimum absolute atomic E-state index is 0.536. The molecule has 1 saturated carbocycles. The third kappa shape index (κ3) is 0.999. The smallest absolute Gasteiger partial charge is 0.202 e. The maximum absolute atomic E-state index is 5.86. The lowest BCUT2D eigenvalue weighted by Crippen LogP contribution is -2.01. The second-order valence-electron chi connectivity index (χ2n) is 3.87. The number of rotatable bonds is 1. The highest BCUT2D eigenvalue weighted by atomic mass is 15.2. The fraction of sp³-hybridized carbons (Fsp3) is 0.400. The van der Waals surface area contributed by atoms with Crippen LogP contribution < -0.4 is 5.73 Å². The van der Waals surface area contributed by atoms with Gasteiger partial charge in [-0.2, -0.15) is 0 Å². The number of anilines is 1. The molecule has 0 radical (unpaired) electrons. The average Bonchev–Trinajstić information content (AvgIpc) is 2.90. The van der Waals surface area contributed by atoms with Gasteiger partial charge in [-0.1, -0.05) is 0 Å². The summed E-state index contributed by atoms with van der Waals surface area (Å²) in [4.78, 5) is 8.77. The summed E-state index contributed by atoms with van der Waals surface area (Å²) in [6.45, 7) is 1.99. The summed E-state index contributed by atoms with van der Waals surface area (Å²) in [6.07, 6.45) is 2.40. The zero-order chi connectivity index (χ0) is 9.71. The molecule has 0 atom stereocenters. The number of hydrogen-bond donors (Lipinski definition) is 1. The first-order valence-electron chi connectivity index (χ1n) is 4.87. The van der Waals surface area contributed by atoms with E-state index in [1.54, 1.807) is 0 Å². The van der Waals surface area contributed by atoms with Gasteiger partial charge in [-0.05, 0) is 31.9 Å². The Morgan fingerprint density at radius 3 is 2.86 bits per heavy atom. The lowest BCUT2D eigenvalue weighted by molar-refractivity contribution is 0.769. The van der Waals surface area contributed by atoms with Gasteiger partial charge in [0.2, 0.25) is 5.95 Å². The predicted octanol–water partition coefficient (Wildman–Crippen LogP) is 1.66. The molecule has 0 bridgehead atoms. The molecule has 4 heteroatoms. The van der Waals surface area contributed by atoms with Crippen LogP contribution in [0.3, 0.4) is 0 Å². The standard InChI is InChI=1S/C10H12N4/c1-6-2-5-8-9(12-6)14(7-3-4-7)10(11)13-8/h2,5,7H,3-4H2,1H3,(H2,11,13). The number of nitrogens with zero attached hydrogens (tertiary/aromatic N) is 3. The van der Waals surface area contributed by atoms with Crippen LogP contribution >= 0.6 is 0 Å². The van der Waals surface area contributed by atoms with Crippen molar-refractivity contribution in [3.63, 3.8) is 0 Å². The molecule has 14 heavy (non-hydrogen) atoms. The van der Waals surface area contributed by atoms with Crippen molar-refractivity contribution in [1.82, 2.24) is 14.5 Å². The van der Waals surface area contributed by atoms with Crippen LogP contribution in [0.25, 0.3) is 11.2 Å². The Morgan fingerprint density at radius 1 is 1.36 bits per heavy atom. The second kappa shape index (κ2) is 2.47. The minimum Gasteiger partial charge on any atom is -0.369 e. The van der Waals surface area contributed by atoms with Crippen molar-refractivity contribution in [1.29, 1.82) is 0 Å². The molecule has 2 aromatic rings. The summed E-state index contributed by atoms with van der Waals surface area (Å²) in [5.74, 6) is 0.598. The summed E-state index contributed by atoms with van der Waals surface area (Å²) in [5.41, 5.74) is 8.71. The van der Waals surface area contributed by atoms with Crippen molar-refractivity contribution in [3.8, 4) is 0 Å². The van der Waals surface area contributed by atoms with Gasteiger partial charge < -0.3 is 5.73 Å². The average molecular weight is 188 g/mol. The third-order valence-electron chi connectivity index (χ3n) is 2.62. The topological polar surface area (TPSA) is 56.7 Å². The molecule has 1 aliphatic carbocycles. The summed E-state index contributed by atoms with van der Waals surface area (Å²) in [6, 6.07) is 4.48. The Labute approximate surface area is 81.8 Å². The van der Waals surface area contributed by atoms with Crippen LogP contribution in [-0.2, 0) is 0 Å². The fourth-order valence-corrected chi connectivity index (χ4v) is 1.78. The van der Waals surface area contributed by atoms with E-state index >= 15 is 0 Å². The highest BCUT2D eigenvalue weighted by Gasteiger charge is 2.27. The van der Waals surface area contributed by atoms with Gasteiger partial charge in [0.25, 0.3) is 0 Å². The highest BCUT2D eigenvalue weighted by molar-refractivity contribution is 5.74. The number of pyridine rings is 1. The molecule has 1 aliphatic rings. The van der Waals surface area contributed by atoms with Crippen molar-refractivity contribution in [3.05, 3.63) is 17.8 Å². The van der Waals surface area contributed by atoms with Crippen LogP contribution in [0, 0.1) is 6.92 Å². The number of fused-ring (bicyclic) bond motifs is 1. The maximum atomic E-state index is 5.86. The molecule has 2 heterocycles. The molecule has 72 valence electrons. The van der Waals surface area contributed by atoms with Gasteiger partial charge in [-0.25, -0.2) is 9.97 Å². The SMILES string of the molecule is Cc1ccc2nc(N)n(C3CC3)c2n1. The van der Waals surface area contributed by atoms with E-state index in [0.717, 1.165) is 16.9 Å². The summed E-state index contributed by atoms with van der Waals surface area (Å²) in [7, 11) is 0. The number of nitrogens with two attached hydrogens (primary N) is 1. The van der Waals surface area contributed by atoms with E-state index in [9.17, 15) is 0 Å². The lowest BCUT2D eigenvalue weighted by Gasteiger charge is -2.02. The van der Waals surface area contributed by atoms with E-state index in [0.29, 0.717) is 12.0 Å². The molecule has 4 nitrogen and oxygen atoms in total. The van der Waals surface area contributed by atoms with Crippen LogP contribution in [0.4, 0.5) is 5.95 Å². The van der Waals surface area contributed by atoms with E-state index < -0.39 is 0 Å². The van der Waals surface area contributed by atoms with E-state index in [1.807, 2.05) is 19.1 Å². The first kappa shape index (κ1) is 7.79. The Bertz CT molecular complexity index is 496. The van der Waals surface area contributed by atoms with Crippen LogP contribution in [0.15, 0.2) is 12.1 Å². The highest BCUT2D eigenvalue weighted by Crippen LogP contribution is 2.38. The molecular weight excluding hydrogens is 176 g/mol. The van der Waals surface area contributed by atoms with Gasteiger partial charge in [0, 0.05) is 11.7 Å². The Morgan fingerprint density at radius 2 is 2.14 bits per heavy atom. The molecular formula is C10H12N4. The minimum atomic E-state index is 0.536. The zero-order valence-corrected chi connectivity index (χ0v) is 8.07. The van der Waals surface area contributed by atoms with Crippen molar-refractivity contribution in [2.75, 3.05) is 5.73 Å². The van der Waals surface area contributed by atoms with Crippen LogP contribution in [0.2, 0.25) is 0 Å². The monoisotopic (exact) mass is 188 g/mol. The molecule has 2 aromatic heterocycles. The van der Waals surface area contributed by atoms with Gasteiger partial charge in [-0.3, -0.25) is 4.57 Å². The number of aryl methyl sites for hydroxylation is 1. The quantitative estimate of drug-likeness (QED) is 0.740. The van der Waals surface area contributed by atoms with Gasteiger partial charge >= 0.3 is 0 Å². The van der Waals surface area contributed by atoms with E-state index in [-0.39, 0.29) is 0 Å². The molecule has 0 saturated heterocycles. The van der Waals surface area contributed by atoms with Crippen LogP contribution in [0.5, 0.6) is 0 Å². The van der Waals surface area contributed by atoms with E-state index in [4.69, 9.17) is 5.73 Å². The predicted molar refractivity (Wildman–Crippen MR) is 54.9 cm³/mol. The van der Waals surface area contributed by atoms with Gasteiger partial charge in [0.1, 0.15) is 5.52 Å². The van der Waals surface area contributed by atoms with Crippen molar-refractivity contribution < 1.29 is 0 Å². The zero-order valence-electron chi connectivity index (χ0n) is 8.07. The molecule has 2 N–H and O–H groups in total. The maximum Gasteiger partial charge on any atom is 0.202 e. The molecule has 3 rings (SSSR count). The number of imidazole rings is 1. The van der Waals surface area contributed by atoms with Crippen molar-refractivity contribution in [2.45, 2.75) is 25.8 Å². The Kier molecular flexibility index (Phi) is 1.37. The lowest BCUT2D eigenvalue weighted by atomic mass is 10.3. The molecule has 0 amide bonds. The largest absolute Gasteiger partial charge is 0.369 e. The fourth-order valence-electron chi connectivity index (χ4n) is 1.78. The van der Waals surface area contributed by atoms with Crippen LogP contribution in [0.1, 0.15) is 24.6 Å². The molecule has 0 spiro atoms. The third-order valence-corrected chi connectivity index (χ3v) is 2.62. The Balaban J connectivity index is 2.34. The van der Waals surface area contributed by atoms with Crippen molar-refractivity contribution >= 4 is 17.1 Å². The number of hydrogen-bond acceptors (Lipinski definition) is 3. The number of nitrogen functional groups attached to an aromatic ring is 1. The molecule has 0 unspecified atom stereocenters. The van der Waals surface area contributed by atoms with Crippen LogP contribution in [-0.4, -0.2) is 14.5 Å². The van der Waals surface area contributed by atoms with Gasteiger partial charge in [0.15, 0.2) is 5.65 Å². The summed E-state index contributed by atoms with van der Waals surface area (Å²) in [5, 5.41) is 0. The Hall–Kier alpha value is -1.58. The molecule has 1 fully saturated rings. The summed E-state index contributed by atoms with van der Waals surface area (Å²) >= 11 is 0. The first-order chi connectivity index (χ1) is 6.75. The number of aromatic nitrogens is 3. The first-order valence-corrected chi connectivity index (χ1v) is 4.87. The molecule has 0 aromatic carbocycles. The normalized spacial score (nSPS) is 16.4. The van der Waals surface area contributed by atoms with Crippen molar-refractivity contribution in [2.24, 2.45) is 0 Å². The van der Waals surface area contributed by atoms with E-state index in [1.165, 1.54) is 12.8 Å². The van der Waals surface area contributed by atoms with Gasteiger partial charge in [-0.15, -0.1) is 0 Å². The summed E-state index contributed by atoms with van der Waals surface area (Å²) < 4.78 is 2.06.